The molecule has 0 aromatic heterocycles. The molecule has 0 heterocycles. The number of rotatable bonds is 2. The topological polar surface area (TPSA) is 17.1 Å². The van der Waals surface area contributed by atoms with E-state index in [9.17, 15) is 4.79 Å². The molecule has 1 nitrogen and oxygen atoms in total. The molecule has 1 heteroatoms. The molecule has 0 unspecified atom stereocenters. The van der Waals surface area contributed by atoms with Gasteiger partial charge in [-0.05, 0) is 10.8 Å². The van der Waals surface area contributed by atoms with Crippen LogP contribution in [0.15, 0.2) is 30.3 Å². The smallest absolute Gasteiger partial charge is 0.167 e. The van der Waals surface area contributed by atoms with E-state index in [4.69, 9.17) is 0 Å². The Morgan fingerprint density at radius 3 is 1.87 bits per heavy atom. The van der Waals surface area contributed by atoms with Gasteiger partial charge in [0.05, 0.1) is 0 Å². The quantitative estimate of drug-likeness (QED) is 0.670. The normalized spacial score (nSPS) is 22.4. The SMILES string of the molecule is CC1(C)C(C(=O)c2ccccc2)C1(C)C. The van der Waals surface area contributed by atoms with Crippen molar-refractivity contribution in [1.29, 1.82) is 0 Å². The van der Waals surface area contributed by atoms with Gasteiger partial charge in [0.2, 0.25) is 0 Å². The van der Waals surface area contributed by atoms with Crippen LogP contribution >= 0.6 is 0 Å². The third-order valence-corrected chi connectivity index (χ3v) is 4.34. The van der Waals surface area contributed by atoms with Gasteiger partial charge in [0, 0.05) is 11.5 Å². The van der Waals surface area contributed by atoms with Crippen LogP contribution < -0.4 is 0 Å². The van der Waals surface area contributed by atoms with E-state index in [1.54, 1.807) is 0 Å². The largest absolute Gasteiger partial charge is 0.294 e. The zero-order valence-electron chi connectivity index (χ0n) is 9.87. The van der Waals surface area contributed by atoms with Crippen molar-refractivity contribution in [2.45, 2.75) is 27.7 Å². The molecular formula is C14H18O. The number of carbonyl (C=O) groups is 1. The molecule has 1 aliphatic rings. The van der Waals surface area contributed by atoms with Crippen molar-refractivity contribution in [3.05, 3.63) is 35.9 Å². The van der Waals surface area contributed by atoms with E-state index < -0.39 is 0 Å². The number of hydrogen-bond donors (Lipinski definition) is 0. The Hall–Kier alpha value is -1.11. The van der Waals surface area contributed by atoms with Crippen LogP contribution in [-0.2, 0) is 0 Å². The first kappa shape index (κ1) is 10.4. The summed E-state index contributed by atoms with van der Waals surface area (Å²) in [7, 11) is 0. The second-order valence-electron chi connectivity index (χ2n) is 5.61. The van der Waals surface area contributed by atoms with E-state index in [0.717, 1.165) is 5.56 Å². The van der Waals surface area contributed by atoms with Crippen LogP contribution in [0.2, 0.25) is 0 Å². The molecule has 1 saturated carbocycles. The van der Waals surface area contributed by atoms with Gasteiger partial charge in [0.25, 0.3) is 0 Å². The van der Waals surface area contributed by atoms with Gasteiger partial charge in [-0.15, -0.1) is 0 Å². The van der Waals surface area contributed by atoms with Gasteiger partial charge in [-0.3, -0.25) is 4.79 Å². The number of benzene rings is 1. The monoisotopic (exact) mass is 202 g/mol. The van der Waals surface area contributed by atoms with Crippen LogP contribution in [0.5, 0.6) is 0 Å². The predicted octanol–water partition coefficient (Wildman–Crippen LogP) is 3.55. The maximum absolute atomic E-state index is 12.2. The summed E-state index contributed by atoms with van der Waals surface area (Å²) in [4.78, 5) is 12.2. The van der Waals surface area contributed by atoms with Gasteiger partial charge in [-0.2, -0.15) is 0 Å². The van der Waals surface area contributed by atoms with Crippen LogP contribution in [0.25, 0.3) is 0 Å². The van der Waals surface area contributed by atoms with E-state index in [2.05, 4.69) is 27.7 Å². The third kappa shape index (κ3) is 1.33. The average Bonchev–Trinajstić information content (AvgIpc) is 2.58. The Kier molecular flexibility index (Phi) is 2.04. The molecule has 0 radical (unpaired) electrons. The standard InChI is InChI=1S/C14H18O/c1-13(2)12(14(13,3)4)11(15)10-8-6-5-7-9-10/h5-9,12H,1-4H3. The summed E-state index contributed by atoms with van der Waals surface area (Å²) in [6.45, 7) is 8.72. The maximum Gasteiger partial charge on any atom is 0.167 e. The van der Waals surface area contributed by atoms with Gasteiger partial charge in [-0.25, -0.2) is 0 Å². The lowest BCUT2D eigenvalue weighted by Crippen LogP contribution is -2.06. The molecule has 15 heavy (non-hydrogen) atoms. The highest BCUT2D eigenvalue weighted by atomic mass is 16.1. The summed E-state index contributed by atoms with van der Waals surface area (Å²) in [5.74, 6) is 0.470. The first-order chi connectivity index (χ1) is 6.89. The fourth-order valence-corrected chi connectivity index (χ4v) is 2.62. The summed E-state index contributed by atoms with van der Waals surface area (Å²) in [6, 6.07) is 9.62. The second kappa shape index (κ2) is 2.94. The first-order valence-corrected chi connectivity index (χ1v) is 5.48. The van der Waals surface area contributed by atoms with E-state index >= 15 is 0 Å². The Balaban J connectivity index is 2.27. The summed E-state index contributed by atoms with van der Waals surface area (Å²) in [6.07, 6.45) is 0. The van der Waals surface area contributed by atoms with E-state index in [0.29, 0.717) is 5.78 Å². The van der Waals surface area contributed by atoms with Gasteiger partial charge < -0.3 is 0 Å². The van der Waals surface area contributed by atoms with Crippen molar-refractivity contribution < 1.29 is 4.79 Å². The minimum atomic E-state index is 0.139. The molecule has 80 valence electrons. The molecule has 1 aromatic carbocycles. The van der Waals surface area contributed by atoms with Crippen LogP contribution in [0.3, 0.4) is 0 Å². The summed E-state index contributed by atoms with van der Waals surface area (Å²) in [5.41, 5.74) is 1.13. The number of Topliss-reactive ketones (excluding diaryl/α,β-unsaturated/α-hetero) is 1. The van der Waals surface area contributed by atoms with E-state index in [1.807, 2.05) is 30.3 Å². The summed E-state index contributed by atoms with van der Waals surface area (Å²) >= 11 is 0. The van der Waals surface area contributed by atoms with Gasteiger partial charge in [0.15, 0.2) is 5.78 Å². The highest BCUT2D eigenvalue weighted by molar-refractivity contribution is 6.01. The fourth-order valence-electron chi connectivity index (χ4n) is 2.62. The Labute approximate surface area is 91.5 Å². The second-order valence-corrected chi connectivity index (χ2v) is 5.61. The molecule has 0 aliphatic heterocycles. The number of hydrogen-bond acceptors (Lipinski definition) is 1. The summed E-state index contributed by atoms with van der Waals surface area (Å²) < 4.78 is 0. The highest BCUT2D eigenvalue weighted by Crippen LogP contribution is 2.69. The Morgan fingerprint density at radius 1 is 1.00 bits per heavy atom. The van der Waals surface area contributed by atoms with Crippen molar-refractivity contribution in [3.8, 4) is 0 Å². The van der Waals surface area contributed by atoms with Crippen LogP contribution in [0, 0.1) is 16.7 Å². The Bertz CT molecular complexity index is 373. The molecule has 0 saturated heterocycles. The molecule has 1 fully saturated rings. The Morgan fingerprint density at radius 2 is 1.47 bits per heavy atom. The molecule has 0 N–H and O–H groups in total. The fraction of sp³-hybridized carbons (Fsp3) is 0.500. The van der Waals surface area contributed by atoms with Gasteiger partial charge in [0.1, 0.15) is 0 Å². The third-order valence-electron chi connectivity index (χ3n) is 4.34. The maximum atomic E-state index is 12.2. The molecule has 0 atom stereocenters. The zero-order chi connectivity index (χ0) is 11.3. The van der Waals surface area contributed by atoms with Gasteiger partial charge >= 0.3 is 0 Å². The van der Waals surface area contributed by atoms with Gasteiger partial charge in [-0.1, -0.05) is 58.0 Å². The molecule has 0 spiro atoms. The predicted molar refractivity (Wildman–Crippen MR) is 61.8 cm³/mol. The molecule has 1 aliphatic carbocycles. The number of ketones is 1. The summed E-state index contributed by atoms with van der Waals surface area (Å²) in [5, 5.41) is 0. The van der Waals surface area contributed by atoms with Crippen molar-refractivity contribution in [2.75, 3.05) is 0 Å². The van der Waals surface area contributed by atoms with Crippen LogP contribution in [-0.4, -0.2) is 5.78 Å². The lowest BCUT2D eigenvalue weighted by Gasteiger charge is -2.03. The first-order valence-electron chi connectivity index (χ1n) is 5.48. The molecular weight excluding hydrogens is 184 g/mol. The van der Waals surface area contributed by atoms with Crippen molar-refractivity contribution >= 4 is 5.78 Å². The van der Waals surface area contributed by atoms with Crippen LogP contribution in [0.1, 0.15) is 38.1 Å². The lowest BCUT2D eigenvalue weighted by atomic mass is 10.0. The molecule has 0 amide bonds. The van der Waals surface area contributed by atoms with E-state index in [-0.39, 0.29) is 16.7 Å². The van der Waals surface area contributed by atoms with Crippen molar-refractivity contribution in [3.63, 3.8) is 0 Å². The van der Waals surface area contributed by atoms with Crippen molar-refractivity contribution in [1.82, 2.24) is 0 Å². The lowest BCUT2D eigenvalue weighted by molar-refractivity contribution is 0.0945. The minimum Gasteiger partial charge on any atom is -0.294 e. The molecule has 1 aromatic rings. The zero-order valence-corrected chi connectivity index (χ0v) is 9.87. The van der Waals surface area contributed by atoms with Crippen LogP contribution in [0.4, 0.5) is 0 Å². The minimum absolute atomic E-state index is 0.139. The average molecular weight is 202 g/mol. The number of carbonyl (C=O) groups excluding carboxylic acids is 1. The molecule has 2 rings (SSSR count). The van der Waals surface area contributed by atoms with E-state index in [1.165, 1.54) is 0 Å². The molecule has 0 bridgehead atoms. The highest BCUT2D eigenvalue weighted by Gasteiger charge is 2.67. The van der Waals surface area contributed by atoms with Crippen molar-refractivity contribution in [2.24, 2.45) is 16.7 Å².